The van der Waals surface area contributed by atoms with Gasteiger partial charge in [-0.1, -0.05) is 12.1 Å². The number of hydrogen-bond acceptors (Lipinski definition) is 7. The van der Waals surface area contributed by atoms with Gasteiger partial charge in [-0.3, -0.25) is 19.7 Å². The zero-order chi connectivity index (χ0) is 24.9. The summed E-state index contributed by atoms with van der Waals surface area (Å²) in [6, 6.07) is 10.7. The summed E-state index contributed by atoms with van der Waals surface area (Å²) in [6.07, 6.45) is 0.667. The van der Waals surface area contributed by atoms with Crippen LogP contribution in [0.2, 0.25) is 0 Å². The number of rotatable bonds is 8. The third kappa shape index (κ3) is 5.51. The second kappa shape index (κ2) is 10.6. The molecule has 1 saturated heterocycles. The number of nitro groups is 1. The lowest BCUT2D eigenvalue weighted by molar-refractivity contribution is -0.384. The second-order valence-corrected chi connectivity index (χ2v) is 9.80. The first-order valence-corrected chi connectivity index (χ1v) is 12.2. The Morgan fingerprint density at radius 1 is 1.12 bits per heavy atom. The summed E-state index contributed by atoms with van der Waals surface area (Å²) in [4.78, 5) is 34.9. The molecular weight excluding hydrogens is 462 g/mol. The number of benzene rings is 2. The van der Waals surface area contributed by atoms with E-state index in [-0.39, 0.29) is 53.6 Å². The normalized spacial score (nSPS) is 14.9. The molecule has 1 aliphatic rings. The van der Waals surface area contributed by atoms with Gasteiger partial charge < -0.3 is 16.0 Å². The van der Waals surface area contributed by atoms with E-state index in [0.29, 0.717) is 18.4 Å². The number of nitrogens with zero attached hydrogens (tertiary/aromatic N) is 2. The van der Waals surface area contributed by atoms with E-state index in [1.165, 1.54) is 23.5 Å². The number of nitrogens with one attached hydrogen (secondary N) is 3. The van der Waals surface area contributed by atoms with Crippen LogP contribution in [0.15, 0.2) is 47.4 Å². The third-order valence-electron chi connectivity index (χ3n) is 5.78. The molecule has 2 amide bonds. The van der Waals surface area contributed by atoms with Crippen molar-refractivity contribution in [2.45, 2.75) is 24.3 Å². The average Bonchev–Trinajstić information content (AvgIpc) is 2.86. The van der Waals surface area contributed by atoms with Crippen LogP contribution >= 0.6 is 0 Å². The molecule has 0 unspecified atom stereocenters. The lowest BCUT2D eigenvalue weighted by Crippen LogP contribution is -2.42. The first kappa shape index (κ1) is 25.1. The summed E-state index contributed by atoms with van der Waals surface area (Å²) in [5, 5.41) is 19.4. The van der Waals surface area contributed by atoms with E-state index in [2.05, 4.69) is 16.0 Å². The predicted octanol–water partition coefficient (Wildman–Crippen LogP) is 1.71. The van der Waals surface area contributed by atoms with Crippen LogP contribution in [0, 0.1) is 16.0 Å². The monoisotopic (exact) mass is 489 g/mol. The van der Waals surface area contributed by atoms with Crippen molar-refractivity contribution < 1.29 is 22.9 Å². The van der Waals surface area contributed by atoms with Gasteiger partial charge in [0.05, 0.1) is 9.82 Å². The molecule has 0 bridgehead atoms. The van der Waals surface area contributed by atoms with E-state index in [9.17, 15) is 28.1 Å². The van der Waals surface area contributed by atoms with Gasteiger partial charge in [-0.2, -0.15) is 4.31 Å². The molecule has 12 heteroatoms. The third-order valence-corrected chi connectivity index (χ3v) is 7.68. The molecule has 1 heterocycles. The maximum Gasteiger partial charge on any atom is 0.293 e. The van der Waals surface area contributed by atoms with Crippen LogP contribution in [0.1, 0.15) is 28.8 Å². The van der Waals surface area contributed by atoms with Crippen molar-refractivity contribution in [2.75, 3.05) is 32.5 Å². The van der Waals surface area contributed by atoms with Crippen molar-refractivity contribution in [2.24, 2.45) is 5.92 Å². The van der Waals surface area contributed by atoms with Crippen LogP contribution in [-0.4, -0.2) is 56.6 Å². The standard InChI is InChI=1S/C22H27N5O6S/c1-23-19-7-6-18(13-20(19)27(30)31)34(32,33)26-10-8-16(9-11-26)22(29)25-14-15-4-3-5-17(12-15)21(28)24-2/h3-7,12-13,16,23H,8-11,14H2,1-2H3,(H,24,28)(H,25,29). The topological polar surface area (TPSA) is 151 Å². The van der Waals surface area contributed by atoms with Gasteiger partial charge in [-0.05, 0) is 42.7 Å². The molecule has 34 heavy (non-hydrogen) atoms. The van der Waals surface area contributed by atoms with E-state index in [1.54, 1.807) is 31.3 Å². The van der Waals surface area contributed by atoms with Gasteiger partial charge >= 0.3 is 0 Å². The summed E-state index contributed by atoms with van der Waals surface area (Å²) in [6.45, 7) is 0.520. The summed E-state index contributed by atoms with van der Waals surface area (Å²) in [7, 11) is -0.869. The summed E-state index contributed by atoms with van der Waals surface area (Å²) in [5.74, 6) is -0.751. The van der Waals surface area contributed by atoms with Crippen molar-refractivity contribution in [3.8, 4) is 0 Å². The molecule has 0 saturated carbocycles. The molecule has 0 atom stereocenters. The highest BCUT2D eigenvalue weighted by molar-refractivity contribution is 7.89. The lowest BCUT2D eigenvalue weighted by atomic mass is 9.97. The van der Waals surface area contributed by atoms with E-state index in [1.807, 2.05) is 0 Å². The molecule has 0 spiro atoms. The highest BCUT2D eigenvalue weighted by atomic mass is 32.2. The average molecular weight is 490 g/mol. The van der Waals surface area contributed by atoms with Crippen molar-refractivity contribution in [1.29, 1.82) is 0 Å². The first-order valence-electron chi connectivity index (χ1n) is 10.7. The van der Waals surface area contributed by atoms with Crippen molar-refractivity contribution in [3.63, 3.8) is 0 Å². The Balaban J connectivity index is 1.60. The Morgan fingerprint density at radius 3 is 2.44 bits per heavy atom. The molecule has 0 aromatic heterocycles. The van der Waals surface area contributed by atoms with E-state index in [4.69, 9.17) is 0 Å². The van der Waals surface area contributed by atoms with Crippen LogP contribution in [0.5, 0.6) is 0 Å². The van der Waals surface area contributed by atoms with Gasteiger partial charge in [-0.25, -0.2) is 8.42 Å². The van der Waals surface area contributed by atoms with Gasteiger partial charge in [0.1, 0.15) is 5.69 Å². The Bertz CT molecular complexity index is 1190. The number of nitro benzene ring substituents is 1. The fraction of sp³-hybridized carbons (Fsp3) is 0.364. The molecule has 2 aromatic rings. The van der Waals surface area contributed by atoms with Gasteiger partial charge in [0.2, 0.25) is 15.9 Å². The Hall–Kier alpha value is -3.51. The van der Waals surface area contributed by atoms with Crippen LogP contribution in [0.4, 0.5) is 11.4 Å². The molecule has 1 aliphatic heterocycles. The minimum atomic E-state index is -3.93. The molecule has 3 N–H and O–H groups in total. The number of sulfonamides is 1. The number of carbonyl (C=O) groups excluding carboxylic acids is 2. The van der Waals surface area contributed by atoms with Crippen molar-refractivity contribution >= 4 is 33.2 Å². The lowest BCUT2D eigenvalue weighted by Gasteiger charge is -2.30. The van der Waals surface area contributed by atoms with E-state index in [0.717, 1.165) is 11.6 Å². The molecule has 0 aliphatic carbocycles. The van der Waals surface area contributed by atoms with Crippen LogP contribution in [0.25, 0.3) is 0 Å². The summed E-state index contributed by atoms with van der Waals surface area (Å²) >= 11 is 0. The van der Waals surface area contributed by atoms with Crippen molar-refractivity contribution in [3.05, 3.63) is 63.7 Å². The fourth-order valence-electron chi connectivity index (χ4n) is 3.84. The maximum atomic E-state index is 13.0. The number of anilines is 1. The van der Waals surface area contributed by atoms with Gasteiger partial charge in [-0.15, -0.1) is 0 Å². The zero-order valence-electron chi connectivity index (χ0n) is 18.9. The Kier molecular flexibility index (Phi) is 7.84. The Morgan fingerprint density at radius 2 is 1.82 bits per heavy atom. The first-order chi connectivity index (χ1) is 16.2. The number of piperidine rings is 1. The molecule has 3 rings (SSSR count). The number of hydrogen-bond donors (Lipinski definition) is 3. The largest absolute Gasteiger partial charge is 0.383 e. The van der Waals surface area contributed by atoms with Crippen molar-refractivity contribution in [1.82, 2.24) is 14.9 Å². The zero-order valence-corrected chi connectivity index (χ0v) is 19.7. The summed E-state index contributed by atoms with van der Waals surface area (Å²) in [5.41, 5.74) is 1.18. The van der Waals surface area contributed by atoms with E-state index >= 15 is 0 Å². The summed E-state index contributed by atoms with van der Waals surface area (Å²) < 4.78 is 27.3. The number of amides is 2. The van der Waals surface area contributed by atoms with Gasteiger partial charge in [0.15, 0.2) is 0 Å². The molecule has 11 nitrogen and oxygen atoms in total. The van der Waals surface area contributed by atoms with E-state index < -0.39 is 14.9 Å². The highest BCUT2D eigenvalue weighted by Crippen LogP contribution is 2.30. The highest BCUT2D eigenvalue weighted by Gasteiger charge is 2.33. The van der Waals surface area contributed by atoms with Crippen LogP contribution in [-0.2, 0) is 21.4 Å². The minimum absolute atomic E-state index is 0.133. The maximum absolute atomic E-state index is 13.0. The smallest absolute Gasteiger partial charge is 0.293 e. The molecule has 2 aromatic carbocycles. The fourth-order valence-corrected chi connectivity index (χ4v) is 5.33. The minimum Gasteiger partial charge on any atom is -0.383 e. The van der Waals surface area contributed by atoms with Gasteiger partial charge in [0, 0.05) is 51.3 Å². The van der Waals surface area contributed by atoms with Gasteiger partial charge in [0.25, 0.3) is 11.6 Å². The predicted molar refractivity (Wildman–Crippen MR) is 126 cm³/mol. The van der Waals surface area contributed by atoms with Crippen LogP contribution in [0.3, 0.4) is 0 Å². The number of carbonyl (C=O) groups is 2. The SMILES string of the molecule is CNC(=O)c1cccc(CNC(=O)C2CCN(S(=O)(=O)c3ccc(NC)c([N+](=O)[O-])c3)CC2)c1. The molecule has 1 fully saturated rings. The molecular formula is C22H27N5O6S. The molecule has 182 valence electrons. The Labute approximate surface area is 197 Å². The van der Waals surface area contributed by atoms with Crippen LogP contribution < -0.4 is 16.0 Å². The quantitative estimate of drug-likeness (QED) is 0.377. The second-order valence-electron chi connectivity index (χ2n) is 7.86. The molecule has 0 radical (unpaired) electrons.